The van der Waals surface area contributed by atoms with Crippen LogP contribution >= 0.6 is 24.4 Å². The van der Waals surface area contributed by atoms with Crippen molar-refractivity contribution in [2.24, 2.45) is 0 Å². The highest BCUT2D eigenvalue weighted by Crippen LogP contribution is 2.39. The van der Waals surface area contributed by atoms with Crippen LogP contribution in [0.2, 0.25) is 0 Å². The Morgan fingerprint density at radius 2 is 0.701 bits per heavy atom. The van der Waals surface area contributed by atoms with E-state index in [-0.39, 0.29) is 31.0 Å². The molecule has 0 radical (unpaired) electrons. The molecule has 0 aromatic heterocycles. The van der Waals surface area contributed by atoms with Gasteiger partial charge in [-0.1, -0.05) is 36.4 Å². The summed E-state index contributed by atoms with van der Waals surface area (Å²) in [6.45, 7) is 7.31. The summed E-state index contributed by atoms with van der Waals surface area (Å²) in [7, 11) is -20.6. The van der Waals surface area contributed by atoms with Gasteiger partial charge in [0.1, 0.15) is 17.2 Å². The molecule has 6 aromatic rings. The first kappa shape index (κ1) is 85.1. The monoisotopic (exact) mass is 1540 g/mol. The van der Waals surface area contributed by atoms with Gasteiger partial charge < -0.3 is 14.2 Å². The lowest BCUT2D eigenvalue weighted by Gasteiger charge is -2.25. The average Bonchev–Trinajstić information content (AvgIpc) is 0.788. The minimum atomic E-state index is -5.04. The standard InChI is InChI=1S/C19H18F6O5S2.C19H18F6O3S2.C13H17F3O5S2.C7H5F3OS/c1-17(2,32(28,29)16-8-3-5-13(11-16)18(20,21)22)9-10-31(26,27)15-7-4-6-14(12-15)30-19(23,24)25;1-17(2,30(26,27)16-8-3-5-13(11-16)18(20,21)22)9-10-29-15-7-4-6-14(12-15)28-19(23,24)25;1-12(2,7-8-21-22(3,17)18)23(19,20)11-6-4-5-10(9-11)13(14,15)16;8-7(9,10)11-5-2-1-3-6(12)4-5/h3-8,11-12H,9-10H2,1-2H3;3-8,11-12H,9-10H2,1-2H3;4-6,9H,7-8H2,1-3H3;1-4,12H. The van der Waals surface area contributed by atoms with Crippen LogP contribution in [0.4, 0.5) is 79.0 Å². The average molecular weight is 1550 g/mol. The van der Waals surface area contributed by atoms with E-state index in [2.05, 4.69) is 31.0 Å². The molecule has 0 aliphatic heterocycles. The smallest absolute Gasteiger partial charge is 0.406 e. The number of thioether (sulfide) groups is 1. The molecule has 542 valence electrons. The minimum Gasteiger partial charge on any atom is -0.406 e. The van der Waals surface area contributed by atoms with Crippen LogP contribution in [0.15, 0.2) is 175 Å². The van der Waals surface area contributed by atoms with Crippen molar-refractivity contribution in [3.05, 3.63) is 162 Å². The molecule has 0 saturated carbocycles. The number of alkyl halides is 18. The molecule has 0 fully saturated rings. The number of hydrogen-bond donors (Lipinski definition) is 1. The summed E-state index contributed by atoms with van der Waals surface area (Å²) < 4.78 is 359. The molecule has 0 atom stereocenters. The summed E-state index contributed by atoms with van der Waals surface area (Å²) in [6.07, 6.45) is -28.5. The van der Waals surface area contributed by atoms with E-state index < -0.39 is 161 Å². The molecule has 0 aliphatic rings. The lowest BCUT2D eigenvalue weighted by atomic mass is 10.1. The number of ether oxygens (including phenoxy) is 3. The maximum absolute atomic E-state index is 12.9. The van der Waals surface area contributed by atoms with Crippen molar-refractivity contribution in [1.29, 1.82) is 0 Å². The van der Waals surface area contributed by atoms with Crippen molar-refractivity contribution in [3.63, 3.8) is 0 Å². The molecule has 0 aliphatic carbocycles. The van der Waals surface area contributed by atoms with E-state index in [1.165, 1.54) is 58.0 Å². The van der Waals surface area contributed by atoms with Crippen molar-refractivity contribution >= 4 is 73.9 Å². The molecule has 0 unspecified atom stereocenters. The van der Waals surface area contributed by atoms with Crippen molar-refractivity contribution in [2.45, 2.75) is 142 Å². The van der Waals surface area contributed by atoms with Gasteiger partial charge in [-0.3, -0.25) is 4.18 Å². The third-order valence-corrected chi connectivity index (χ3v) is 24.2. The molecule has 6 rings (SSSR count). The van der Waals surface area contributed by atoms with Crippen LogP contribution in [0, 0.1) is 0 Å². The first-order chi connectivity index (χ1) is 43.6. The SMILES string of the molecule is CC(C)(CCOS(C)(=O)=O)S(=O)(=O)c1cccc(C(F)(F)F)c1.CC(C)(CCS(=O)(=O)c1cccc(OC(F)(F)F)c1)S(=O)(=O)c1cccc(C(F)(F)F)c1.CC(C)(CCSc1cccc(OC(F)(F)F)c1)S(=O)(=O)c1cccc(C(F)(F)F)c1.FC(F)(F)Oc1cccc(S)c1. The Hall–Kier alpha value is -6.13. The highest BCUT2D eigenvalue weighted by molar-refractivity contribution is 7.99. The first-order valence-electron chi connectivity index (χ1n) is 26.8. The van der Waals surface area contributed by atoms with Gasteiger partial charge in [-0.15, -0.1) is 63.9 Å². The van der Waals surface area contributed by atoms with Gasteiger partial charge in [0.25, 0.3) is 10.1 Å². The van der Waals surface area contributed by atoms with E-state index in [1.54, 1.807) is 12.1 Å². The van der Waals surface area contributed by atoms with E-state index in [4.69, 9.17) is 0 Å². The van der Waals surface area contributed by atoms with Crippen LogP contribution in [-0.2, 0) is 72.2 Å². The summed E-state index contributed by atoms with van der Waals surface area (Å²) in [5, 5.41) is 0. The fraction of sp³-hybridized carbons (Fsp3) is 0.379. The Morgan fingerprint density at radius 3 is 1.06 bits per heavy atom. The third-order valence-electron chi connectivity index (χ3n) is 13.0. The normalized spacial score (nSPS) is 13.4. The molecule has 14 nitrogen and oxygen atoms in total. The molecular weight excluding hydrogens is 1490 g/mol. The molecule has 0 heterocycles. The summed E-state index contributed by atoms with van der Waals surface area (Å²) >= 11 is 4.97. The molecule has 0 bridgehead atoms. The lowest BCUT2D eigenvalue weighted by Crippen LogP contribution is -2.34. The second-order valence-electron chi connectivity index (χ2n) is 21.9. The van der Waals surface area contributed by atoms with Crippen LogP contribution in [0.3, 0.4) is 0 Å². The minimum absolute atomic E-state index is 0.0562. The van der Waals surface area contributed by atoms with Gasteiger partial charge in [-0.2, -0.15) is 47.9 Å². The Labute approximate surface area is 556 Å². The maximum atomic E-state index is 12.9. The van der Waals surface area contributed by atoms with Crippen molar-refractivity contribution < 1.29 is 140 Å². The van der Waals surface area contributed by atoms with Crippen molar-refractivity contribution in [3.8, 4) is 17.2 Å². The number of halogens is 18. The highest BCUT2D eigenvalue weighted by atomic mass is 32.2. The van der Waals surface area contributed by atoms with Crippen LogP contribution in [0.25, 0.3) is 0 Å². The van der Waals surface area contributed by atoms with Gasteiger partial charge in [-0.05, 0) is 176 Å². The fourth-order valence-corrected chi connectivity index (χ4v) is 15.8. The molecular formula is C58H58F18O14S7. The van der Waals surface area contributed by atoms with Gasteiger partial charge >= 0.3 is 37.6 Å². The van der Waals surface area contributed by atoms with Crippen LogP contribution in [0.5, 0.6) is 17.2 Å². The summed E-state index contributed by atoms with van der Waals surface area (Å²) in [6, 6.07) is 24.2. The topological polar surface area (TPSA) is 208 Å². The molecule has 0 spiro atoms. The summed E-state index contributed by atoms with van der Waals surface area (Å²) in [5.74, 6) is -2.00. The van der Waals surface area contributed by atoms with E-state index in [0.29, 0.717) is 40.1 Å². The third kappa shape index (κ3) is 27.1. The number of sulfone groups is 4. The van der Waals surface area contributed by atoms with E-state index in [0.717, 1.165) is 105 Å². The number of rotatable bonds is 21. The molecule has 39 heteroatoms. The van der Waals surface area contributed by atoms with Crippen LogP contribution in [0.1, 0.15) is 77.5 Å². The Balaban J connectivity index is 0.000000352. The molecule has 0 N–H and O–H groups in total. The van der Waals surface area contributed by atoms with Crippen molar-refractivity contribution in [1.82, 2.24) is 0 Å². The number of thiol groups is 1. The second-order valence-corrected chi connectivity index (χ2v) is 35.1. The molecule has 97 heavy (non-hydrogen) atoms. The Morgan fingerprint density at radius 1 is 0.381 bits per heavy atom. The predicted molar refractivity (Wildman–Crippen MR) is 322 cm³/mol. The largest absolute Gasteiger partial charge is 0.573 e. The Kier molecular flexibility index (Phi) is 28.1. The molecule has 0 saturated heterocycles. The van der Waals surface area contributed by atoms with Gasteiger partial charge in [0.05, 0.1) is 69.1 Å². The van der Waals surface area contributed by atoms with Gasteiger partial charge in [0, 0.05) is 9.79 Å². The van der Waals surface area contributed by atoms with E-state index >= 15 is 0 Å². The number of hydrogen-bond acceptors (Lipinski definition) is 16. The zero-order valence-electron chi connectivity index (χ0n) is 51.0. The lowest BCUT2D eigenvalue weighted by molar-refractivity contribution is -0.275. The highest BCUT2D eigenvalue weighted by Gasteiger charge is 2.42. The zero-order chi connectivity index (χ0) is 74.7. The van der Waals surface area contributed by atoms with E-state index in [1.807, 2.05) is 0 Å². The summed E-state index contributed by atoms with van der Waals surface area (Å²) in [4.78, 5) is -1.20. The van der Waals surface area contributed by atoms with Crippen LogP contribution in [-0.4, -0.2) is 99.8 Å². The summed E-state index contributed by atoms with van der Waals surface area (Å²) in [5.41, 5.74) is -3.31. The fourth-order valence-electron chi connectivity index (χ4n) is 7.54. The van der Waals surface area contributed by atoms with Gasteiger partial charge in [-0.25, -0.2) is 33.7 Å². The molecule has 0 amide bonds. The van der Waals surface area contributed by atoms with Crippen LogP contribution < -0.4 is 14.2 Å². The maximum Gasteiger partial charge on any atom is 0.573 e. The number of benzene rings is 6. The van der Waals surface area contributed by atoms with Gasteiger partial charge in [0.2, 0.25) is 0 Å². The van der Waals surface area contributed by atoms with Crippen molar-refractivity contribution in [2.75, 3.05) is 24.4 Å². The van der Waals surface area contributed by atoms with Gasteiger partial charge in [0.15, 0.2) is 39.3 Å². The zero-order valence-corrected chi connectivity index (χ0v) is 56.8. The second kappa shape index (κ2) is 32.0. The first-order valence-corrected chi connectivity index (χ1v) is 36.2. The quantitative estimate of drug-likeness (QED) is 0.0308. The predicted octanol–water partition coefficient (Wildman–Crippen LogP) is 16.9. The molecule has 6 aromatic carbocycles. The Bertz CT molecular complexity index is 4230. The van der Waals surface area contributed by atoms with E-state index in [9.17, 15) is 121 Å².